The van der Waals surface area contributed by atoms with Crippen LogP contribution in [0.1, 0.15) is 50.9 Å². The molecule has 0 bridgehead atoms. The van der Waals surface area contributed by atoms with Crippen molar-refractivity contribution in [3.63, 3.8) is 0 Å². The lowest BCUT2D eigenvalue weighted by Crippen LogP contribution is -2.41. The van der Waals surface area contributed by atoms with Crippen LogP contribution in [-0.4, -0.2) is 26.6 Å². The zero-order valence-corrected chi connectivity index (χ0v) is 14.9. The number of rotatable bonds is 3. The number of nitrogens with one attached hydrogen (secondary N) is 2. The van der Waals surface area contributed by atoms with E-state index in [1.54, 1.807) is 17.8 Å². The first-order valence-corrected chi connectivity index (χ1v) is 8.64. The molecule has 8 heteroatoms. The molecule has 0 atom stereocenters. The summed E-state index contributed by atoms with van der Waals surface area (Å²) in [5.74, 6) is -1.05. The molecule has 1 aromatic carbocycles. The molecule has 2 N–H and O–H groups in total. The van der Waals surface area contributed by atoms with Gasteiger partial charge in [0.05, 0.1) is 16.6 Å². The van der Waals surface area contributed by atoms with Gasteiger partial charge in [0, 0.05) is 24.2 Å². The van der Waals surface area contributed by atoms with Crippen LogP contribution in [0.4, 0.5) is 4.39 Å². The van der Waals surface area contributed by atoms with Crippen LogP contribution in [0.3, 0.4) is 0 Å². The number of hydrogen-bond donors (Lipinski definition) is 2. The number of carbonyl (C=O) groups excluding carboxylic acids is 2. The highest BCUT2D eigenvalue weighted by Crippen LogP contribution is 2.40. The Balaban J connectivity index is 1.60. The number of benzene rings is 1. The van der Waals surface area contributed by atoms with Crippen LogP contribution < -0.4 is 10.9 Å². The molecule has 0 aliphatic heterocycles. The minimum Gasteiger partial charge on any atom is -0.267 e. The Morgan fingerprint density at radius 1 is 1.15 bits per heavy atom. The van der Waals surface area contributed by atoms with Gasteiger partial charge in [-0.25, -0.2) is 9.37 Å². The standard InChI is InChI=1S/C19H18FN5O2/c1-10-16-14(9-15(11-3-4-11)21-17(16)25(2)24-10)19(27)23-22-18(26)12-5-7-13(20)8-6-12/h5-9,11H,3-4H2,1-2H3,(H,22,26)(H,23,27). The summed E-state index contributed by atoms with van der Waals surface area (Å²) in [5, 5.41) is 5.02. The topological polar surface area (TPSA) is 88.9 Å². The van der Waals surface area contributed by atoms with Crippen molar-refractivity contribution in [3.8, 4) is 0 Å². The maximum Gasteiger partial charge on any atom is 0.270 e. The van der Waals surface area contributed by atoms with Crippen LogP contribution in [0.25, 0.3) is 11.0 Å². The summed E-state index contributed by atoms with van der Waals surface area (Å²) in [6.45, 7) is 1.81. The number of amides is 2. The zero-order valence-electron chi connectivity index (χ0n) is 14.9. The molecule has 1 aliphatic carbocycles. The number of carbonyl (C=O) groups is 2. The van der Waals surface area contributed by atoms with Gasteiger partial charge in [-0.1, -0.05) is 0 Å². The van der Waals surface area contributed by atoms with Crippen LogP contribution in [0.15, 0.2) is 30.3 Å². The van der Waals surface area contributed by atoms with Crippen molar-refractivity contribution in [2.45, 2.75) is 25.7 Å². The van der Waals surface area contributed by atoms with Crippen LogP contribution in [-0.2, 0) is 7.05 Å². The highest BCUT2D eigenvalue weighted by molar-refractivity contribution is 6.07. The third-order valence-electron chi connectivity index (χ3n) is 4.62. The van der Waals surface area contributed by atoms with Gasteiger partial charge in [0.2, 0.25) is 0 Å². The van der Waals surface area contributed by atoms with Gasteiger partial charge >= 0.3 is 0 Å². The van der Waals surface area contributed by atoms with Gasteiger partial charge in [-0.05, 0) is 50.1 Å². The van der Waals surface area contributed by atoms with Gasteiger partial charge in [-0.15, -0.1) is 0 Å². The molecule has 3 aromatic rings. The van der Waals surface area contributed by atoms with E-state index < -0.39 is 17.6 Å². The van der Waals surface area contributed by atoms with Gasteiger partial charge in [0.1, 0.15) is 5.82 Å². The van der Waals surface area contributed by atoms with Crippen molar-refractivity contribution >= 4 is 22.8 Å². The van der Waals surface area contributed by atoms with Gasteiger partial charge in [-0.3, -0.25) is 25.1 Å². The van der Waals surface area contributed by atoms with Crippen LogP contribution >= 0.6 is 0 Å². The first kappa shape index (κ1) is 17.1. The van der Waals surface area contributed by atoms with E-state index in [0.717, 1.165) is 18.5 Å². The van der Waals surface area contributed by atoms with Gasteiger partial charge in [0.15, 0.2) is 5.65 Å². The van der Waals surface area contributed by atoms with E-state index in [0.29, 0.717) is 28.2 Å². The minimum atomic E-state index is -0.529. The van der Waals surface area contributed by atoms with Gasteiger partial charge in [-0.2, -0.15) is 5.10 Å². The summed E-state index contributed by atoms with van der Waals surface area (Å²) >= 11 is 0. The number of hydrogen-bond acceptors (Lipinski definition) is 4. The number of aryl methyl sites for hydroxylation is 2. The molecule has 0 unspecified atom stereocenters. The minimum absolute atomic E-state index is 0.243. The Labute approximate surface area is 154 Å². The molecular formula is C19H18FN5O2. The summed E-state index contributed by atoms with van der Waals surface area (Å²) in [6.07, 6.45) is 2.11. The largest absolute Gasteiger partial charge is 0.270 e. The van der Waals surface area contributed by atoms with E-state index in [1.165, 1.54) is 24.3 Å². The molecule has 1 aliphatic rings. The fourth-order valence-electron chi connectivity index (χ4n) is 3.09. The monoisotopic (exact) mass is 367 g/mol. The Morgan fingerprint density at radius 2 is 1.81 bits per heavy atom. The molecule has 2 heterocycles. The smallest absolute Gasteiger partial charge is 0.267 e. The maximum atomic E-state index is 13.0. The molecule has 0 spiro atoms. The molecule has 4 rings (SSSR count). The lowest BCUT2D eigenvalue weighted by molar-refractivity contribution is 0.0847. The van der Waals surface area contributed by atoms with Crippen LogP contribution in [0, 0.1) is 12.7 Å². The van der Waals surface area contributed by atoms with Crippen molar-refractivity contribution < 1.29 is 14.0 Å². The quantitative estimate of drug-likeness (QED) is 0.696. The van der Waals surface area contributed by atoms with Crippen molar-refractivity contribution in [2.75, 3.05) is 0 Å². The normalized spacial score (nSPS) is 13.6. The predicted molar refractivity (Wildman–Crippen MR) is 96.6 cm³/mol. The summed E-state index contributed by atoms with van der Waals surface area (Å²) in [5.41, 5.74) is 7.66. The molecular weight excluding hydrogens is 349 g/mol. The summed E-state index contributed by atoms with van der Waals surface area (Å²) < 4.78 is 14.6. The molecule has 27 heavy (non-hydrogen) atoms. The van der Waals surface area contributed by atoms with Crippen molar-refractivity contribution in [2.24, 2.45) is 7.05 Å². The predicted octanol–water partition coefficient (Wildman–Crippen LogP) is 2.37. The van der Waals surface area contributed by atoms with Crippen molar-refractivity contribution in [1.29, 1.82) is 0 Å². The molecule has 2 aromatic heterocycles. The highest BCUT2D eigenvalue weighted by Gasteiger charge is 2.28. The number of halogens is 1. The van der Waals surface area contributed by atoms with Crippen LogP contribution in [0.5, 0.6) is 0 Å². The molecule has 2 amide bonds. The van der Waals surface area contributed by atoms with Crippen molar-refractivity contribution in [3.05, 3.63) is 58.7 Å². The molecule has 1 fully saturated rings. The highest BCUT2D eigenvalue weighted by atomic mass is 19.1. The Hall–Kier alpha value is -3.29. The number of hydrazine groups is 1. The SMILES string of the molecule is Cc1nn(C)c2nc(C3CC3)cc(C(=O)NNC(=O)c3ccc(F)cc3)c12. The number of aromatic nitrogens is 3. The van der Waals surface area contributed by atoms with E-state index in [-0.39, 0.29) is 5.56 Å². The number of pyridine rings is 1. The van der Waals surface area contributed by atoms with Crippen LogP contribution in [0.2, 0.25) is 0 Å². The average Bonchev–Trinajstić information content (AvgIpc) is 3.46. The van der Waals surface area contributed by atoms with Gasteiger partial charge in [0.25, 0.3) is 11.8 Å². The molecule has 0 radical (unpaired) electrons. The summed E-state index contributed by atoms with van der Waals surface area (Å²) in [4.78, 5) is 29.5. The summed E-state index contributed by atoms with van der Waals surface area (Å²) in [7, 11) is 1.79. The number of fused-ring (bicyclic) bond motifs is 1. The average molecular weight is 367 g/mol. The lowest BCUT2D eigenvalue weighted by Gasteiger charge is -2.10. The molecule has 0 saturated heterocycles. The maximum absolute atomic E-state index is 13.0. The fourth-order valence-corrected chi connectivity index (χ4v) is 3.09. The lowest BCUT2D eigenvalue weighted by atomic mass is 10.1. The Bertz CT molecular complexity index is 1050. The first-order valence-electron chi connectivity index (χ1n) is 8.64. The van der Waals surface area contributed by atoms with Crippen molar-refractivity contribution in [1.82, 2.24) is 25.6 Å². The fraction of sp³-hybridized carbons (Fsp3) is 0.263. The number of nitrogens with zero attached hydrogens (tertiary/aromatic N) is 3. The van der Waals surface area contributed by atoms with E-state index in [1.807, 2.05) is 6.92 Å². The second kappa shape index (κ2) is 6.46. The molecule has 1 saturated carbocycles. The first-order chi connectivity index (χ1) is 12.9. The Kier molecular flexibility index (Phi) is 4.10. The van der Waals surface area contributed by atoms with E-state index in [4.69, 9.17) is 0 Å². The summed E-state index contributed by atoms with van der Waals surface area (Å²) in [6, 6.07) is 6.83. The van der Waals surface area contributed by atoms with E-state index >= 15 is 0 Å². The third-order valence-corrected chi connectivity index (χ3v) is 4.62. The molecule has 7 nitrogen and oxygen atoms in total. The van der Waals surface area contributed by atoms with E-state index in [9.17, 15) is 14.0 Å². The molecule has 138 valence electrons. The third kappa shape index (κ3) is 3.25. The van der Waals surface area contributed by atoms with Gasteiger partial charge < -0.3 is 0 Å². The van der Waals surface area contributed by atoms with E-state index in [2.05, 4.69) is 20.9 Å². The zero-order chi connectivity index (χ0) is 19.1. The second-order valence-corrected chi connectivity index (χ2v) is 6.69. The Morgan fingerprint density at radius 3 is 2.48 bits per heavy atom. The second-order valence-electron chi connectivity index (χ2n) is 6.69.